The maximum absolute atomic E-state index is 13.0. The molecule has 0 aliphatic rings. The lowest BCUT2D eigenvalue weighted by molar-refractivity contribution is -0.139. The van der Waals surface area contributed by atoms with Crippen LogP contribution in [0.4, 0.5) is 0 Å². The van der Waals surface area contributed by atoms with Crippen LogP contribution in [0.2, 0.25) is 0 Å². The minimum atomic E-state index is -3.85. The van der Waals surface area contributed by atoms with Crippen LogP contribution in [-0.2, 0) is 26.0 Å². The SMILES string of the molecule is Cc1ccccc1CNC(=O)C(=O)NC[C@H](c1ccco1)S(=O)(=O)c1ccccc1. The van der Waals surface area contributed by atoms with Crippen molar-refractivity contribution in [3.05, 3.63) is 89.9 Å². The van der Waals surface area contributed by atoms with Gasteiger partial charge in [0.2, 0.25) is 0 Å². The molecule has 0 saturated heterocycles. The number of hydrogen-bond acceptors (Lipinski definition) is 5. The lowest BCUT2D eigenvalue weighted by atomic mass is 10.1. The number of benzene rings is 2. The van der Waals surface area contributed by atoms with E-state index in [9.17, 15) is 18.0 Å². The molecule has 0 saturated carbocycles. The molecule has 2 aromatic carbocycles. The Balaban J connectivity index is 1.68. The third-order valence-electron chi connectivity index (χ3n) is 4.66. The average Bonchev–Trinajstić information content (AvgIpc) is 3.27. The Morgan fingerprint density at radius 1 is 0.900 bits per heavy atom. The monoisotopic (exact) mass is 426 g/mol. The Hall–Kier alpha value is -3.39. The molecule has 0 spiro atoms. The van der Waals surface area contributed by atoms with Crippen LogP contribution in [-0.4, -0.2) is 26.8 Å². The number of carbonyl (C=O) groups is 2. The van der Waals surface area contributed by atoms with Gasteiger partial charge in [0.15, 0.2) is 9.84 Å². The number of aryl methyl sites for hydroxylation is 1. The van der Waals surface area contributed by atoms with E-state index in [1.165, 1.54) is 24.5 Å². The quantitative estimate of drug-likeness (QED) is 0.565. The summed E-state index contributed by atoms with van der Waals surface area (Å²) in [5.41, 5.74) is 1.88. The second-order valence-corrected chi connectivity index (χ2v) is 8.81. The molecule has 1 atom stereocenters. The fourth-order valence-corrected chi connectivity index (χ4v) is 4.55. The van der Waals surface area contributed by atoms with Gasteiger partial charge in [0, 0.05) is 13.1 Å². The Bertz CT molecular complexity index is 1110. The van der Waals surface area contributed by atoms with Crippen molar-refractivity contribution in [3.63, 3.8) is 0 Å². The zero-order valence-electron chi connectivity index (χ0n) is 16.4. The highest BCUT2D eigenvalue weighted by molar-refractivity contribution is 7.91. The molecule has 8 heteroatoms. The molecular weight excluding hydrogens is 404 g/mol. The molecule has 156 valence electrons. The summed E-state index contributed by atoms with van der Waals surface area (Å²) < 4.78 is 31.4. The second kappa shape index (κ2) is 9.41. The predicted octanol–water partition coefficient (Wildman–Crippen LogP) is 2.54. The first-order valence-corrected chi connectivity index (χ1v) is 10.9. The van der Waals surface area contributed by atoms with E-state index in [1.807, 2.05) is 31.2 Å². The number of amides is 2. The van der Waals surface area contributed by atoms with Crippen LogP contribution in [0.25, 0.3) is 0 Å². The predicted molar refractivity (Wildman–Crippen MR) is 111 cm³/mol. The van der Waals surface area contributed by atoms with Crippen LogP contribution in [0.3, 0.4) is 0 Å². The van der Waals surface area contributed by atoms with Gasteiger partial charge in [-0.2, -0.15) is 0 Å². The Morgan fingerprint density at radius 3 is 2.23 bits per heavy atom. The van der Waals surface area contributed by atoms with Crippen molar-refractivity contribution >= 4 is 21.7 Å². The highest BCUT2D eigenvalue weighted by atomic mass is 32.2. The van der Waals surface area contributed by atoms with E-state index in [-0.39, 0.29) is 23.7 Å². The topological polar surface area (TPSA) is 105 Å². The summed E-state index contributed by atoms with van der Waals surface area (Å²) in [7, 11) is -3.85. The van der Waals surface area contributed by atoms with E-state index in [0.29, 0.717) is 0 Å². The van der Waals surface area contributed by atoms with Crippen molar-refractivity contribution < 1.29 is 22.4 Å². The molecule has 7 nitrogen and oxygen atoms in total. The summed E-state index contributed by atoms with van der Waals surface area (Å²) in [6, 6.07) is 18.5. The minimum Gasteiger partial charge on any atom is -0.468 e. The van der Waals surface area contributed by atoms with E-state index in [2.05, 4.69) is 10.6 Å². The summed E-state index contributed by atoms with van der Waals surface area (Å²) in [5.74, 6) is -1.57. The number of nitrogens with one attached hydrogen (secondary N) is 2. The molecule has 0 aliphatic heterocycles. The van der Waals surface area contributed by atoms with E-state index < -0.39 is 26.9 Å². The Labute approximate surface area is 175 Å². The highest BCUT2D eigenvalue weighted by Crippen LogP contribution is 2.28. The van der Waals surface area contributed by atoms with Gasteiger partial charge in [-0.05, 0) is 42.3 Å². The van der Waals surface area contributed by atoms with Crippen LogP contribution in [0, 0.1) is 6.92 Å². The number of furan rings is 1. The van der Waals surface area contributed by atoms with Gasteiger partial charge in [-0.25, -0.2) is 8.42 Å². The largest absolute Gasteiger partial charge is 0.468 e. The third-order valence-corrected chi connectivity index (χ3v) is 6.74. The lowest BCUT2D eigenvalue weighted by Gasteiger charge is -2.16. The number of sulfone groups is 1. The van der Waals surface area contributed by atoms with Crippen molar-refractivity contribution in [2.75, 3.05) is 6.54 Å². The molecule has 2 amide bonds. The fourth-order valence-electron chi connectivity index (χ4n) is 2.94. The molecule has 3 aromatic rings. The van der Waals surface area contributed by atoms with E-state index >= 15 is 0 Å². The van der Waals surface area contributed by atoms with Gasteiger partial charge in [0.05, 0.1) is 11.2 Å². The van der Waals surface area contributed by atoms with E-state index in [1.54, 1.807) is 24.3 Å². The smallest absolute Gasteiger partial charge is 0.309 e. The molecule has 0 unspecified atom stereocenters. The van der Waals surface area contributed by atoms with Crippen LogP contribution in [0.5, 0.6) is 0 Å². The van der Waals surface area contributed by atoms with Crippen molar-refractivity contribution in [2.24, 2.45) is 0 Å². The molecule has 0 bridgehead atoms. The summed E-state index contributed by atoms with van der Waals surface area (Å²) in [5, 5.41) is 3.79. The van der Waals surface area contributed by atoms with Gasteiger partial charge in [0.1, 0.15) is 11.0 Å². The molecule has 0 aliphatic carbocycles. The summed E-state index contributed by atoms with van der Waals surface area (Å²) in [6.45, 7) is 1.80. The van der Waals surface area contributed by atoms with Gasteiger partial charge < -0.3 is 15.1 Å². The van der Waals surface area contributed by atoms with Crippen LogP contribution in [0.15, 0.2) is 82.3 Å². The summed E-state index contributed by atoms with van der Waals surface area (Å²) in [6.07, 6.45) is 1.36. The fraction of sp³-hybridized carbons (Fsp3) is 0.182. The molecular formula is C22H22N2O5S. The molecule has 30 heavy (non-hydrogen) atoms. The first-order valence-electron chi connectivity index (χ1n) is 9.32. The van der Waals surface area contributed by atoms with Gasteiger partial charge in [0.25, 0.3) is 0 Å². The normalized spacial score (nSPS) is 12.2. The molecule has 2 N–H and O–H groups in total. The summed E-state index contributed by atoms with van der Waals surface area (Å²) >= 11 is 0. The van der Waals surface area contributed by atoms with Crippen molar-refractivity contribution in [1.29, 1.82) is 0 Å². The van der Waals surface area contributed by atoms with Gasteiger partial charge in [-0.1, -0.05) is 42.5 Å². The zero-order chi connectivity index (χ0) is 21.6. The number of hydrogen-bond donors (Lipinski definition) is 2. The zero-order valence-corrected chi connectivity index (χ0v) is 17.2. The maximum atomic E-state index is 13.0. The molecule has 0 fully saturated rings. The average molecular weight is 426 g/mol. The van der Waals surface area contributed by atoms with Gasteiger partial charge in [-0.15, -0.1) is 0 Å². The maximum Gasteiger partial charge on any atom is 0.309 e. The van der Waals surface area contributed by atoms with Crippen molar-refractivity contribution in [3.8, 4) is 0 Å². The van der Waals surface area contributed by atoms with Crippen LogP contribution in [0.1, 0.15) is 22.1 Å². The molecule has 0 radical (unpaired) electrons. The van der Waals surface area contributed by atoms with E-state index in [4.69, 9.17) is 4.42 Å². The van der Waals surface area contributed by atoms with Crippen molar-refractivity contribution in [1.82, 2.24) is 10.6 Å². The van der Waals surface area contributed by atoms with Crippen LogP contribution >= 0.6 is 0 Å². The Morgan fingerprint density at radius 2 is 1.57 bits per heavy atom. The van der Waals surface area contributed by atoms with Crippen LogP contribution < -0.4 is 10.6 Å². The van der Waals surface area contributed by atoms with E-state index in [0.717, 1.165) is 11.1 Å². The molecule has 3 rings (SSSR count). The third kappa shape index (κ3) is 4.96. The second-order valence-electron chi connectivity index (χ2n) is 6.68. The van der Waals surface area contributed by atoms with Gasteiger partial charge >= 0.3 is 11.8 Å². The lowest BCUT2D eigenvalue weighted by Crippen LogP contribution is -2.42. The number of rotatable bonds is 7. The highest BCUT2D eigenvalue weighted by Gasteiger charge is 2.32. The van der Waals surface area contributed by atoms with Gasteiger partial charge in [-0.3, -0.25) is 9.59 Å². The Kier molecular flexibility index (Phi) is 6.68. The first kappa shape index (κ1) is 21.3. The van der Waals surface area contributed by atoms with Crippen molar-refractivity contribution in [2.45, 2.75) is 23.6 Å². The molecule has 1 heterocycles. The molecule has 1 aromatic heterocycles. The first-order chi connectivity index (χ1) is 14.4. The minimum absolute atomic E-state index is 0.102. The standard InChI is InChI=1S/C22H22N2O5S/c1-16-8-5-6-9-17(16)14-23-21(25)22(26)24-15-20(19-12-7-13-29-19)30(27,28)18-10-3-2-4-11-18/h2-13,20H,14-15H2,1H3,(H,23,25)(H,24,26)/t20-/m1/s1. The number of carbonyl (C=O) groups excluding carboxylic acids is 2. The summed E-state index contributed by atoms with van der Waals surface area (Å²) in [4.78, 5) is 24.5.